The molecular formula is C25H31NSi2. The number of hydrogen-bond donors (Lipinski definition) is 0. The molecule has 28 heavy (non-hydrogen) atoms. The van der Waals surface area contributed by atoms with E-state index in [1.807, 2.05) is 0 Å². The summed E-state index contributed by atoms with van der Waals surface area (Å²) in [5, 5.41) is 2.94. The Morgan fingerprint density at radius 3 is 1.39 bits per heavy atom. The molecule has 3 aromatic carbocycles. The van der Waals surface area contributed by atoms with Crippen LogP contribution < -0.4 is 14.6 Å². The van der Waals surface area contributed by atoms with Crippen LogP contribution in [0.2, 0.25) is 26.2 Å². The molecule has 0 saturated carbocycles. The molecule has 0 aliphatic heterocycles. The molecule has 0 heterocycles. The summed E-state index contributed by atoms with van der Waals surface area (Å²) in [5.74, 6) is 0. The highest BCUT2D eigenvalue weighted by atomic mass is 28.4. The SMILES string of the molecule is C=C(C)c1ccc(N([Si](C)(C)c2ccccc2)[Si](C)(C)c2ccccc2)cc1. The maximum absolute atomic E-state index is 4.10. The lowest BCUT2D eigenvalue weighted by atomic mass is 10.1. The van der Waals surface area contributed by atoms with Crippen molar-refractivity contribution in [2.24, 2.45) is 0 Å². The second-order valence-corrected chi connectivity index (χ2v) is 17.2. The van der Waals surface area contributed by atoms with Crippen molar-refractivity contribution in [1.29, 1.82) is 0 Å². The Hall–Kier alpha value is -2.37. The topological polar surface area (TPSA) is 3.24 Å². The molecule has 0 radical (unpaired) electrons. The van der Waals surface area contributed by atoms with Crippen molar-refractivity contribution >= 4 is 38.1 Å². The van der Waals surface area contributed by atoms with E-state index >= 15 is 0 Å². The minimum Gasteiger partial charge on any atom is -0.417 e. The third kappa shape index (κ3) is 3.91. The average molecular weight is 402 g/mol. The van der Waals surface area contributed by atoms with E-state index in [-0.39, 0.29) is 0 Å². The fourth-order valence-corrected chi connectivity index (χ4v) is 14.7. The molecule has 0 aliphatic carbocycles. The number of anilines is 1. The van der Waals surface area contributed by atoms with Gasteiger partial charge in [0.25, 0.3) is 0 Å². The van der Waals surface area contributed by atoms with Gasteiger partial charge in [-0.1, -0.05) is 84.9 Å². The molecule has 0 unspecified atom stereocenters. The standard InChI is InChI=1S/C25H31NSi2/c1-21(2)22-17-19-23(20-18-22)26(27(3,4)24-13-9-7-10-14-24)28(5,6)25-15-11-8-12-16-25/h7-20H,1H2,2-6H3. The molecule has 0 bridgehead atoms. The van der Waals surface area contributed by atoms with E-state index in [2.05, 4.69) is 129 Å². The predicted molar refractivity (Wildman–Crippen MR) is 131 cm³/mol. The van der Waals surface area contributed by atoms with Crippen molar-refractivity contribution in [2.45, 2.75) is 33.1 Å². The maximum Gasteiger partial charge on any atom is 0.174 e. The normalized spacial score (nSPS) is 11.9. The summed E-state index contributed by atoms with van der Waals surface area (Å²) in [6.07, 6.45) is 0. The molecule has 1 nitrogen and oxygen atoms in total. The van der Waals surface area contributed by atoms with Crippen LogP contribution in [0.5, 0.6) is 0 Å². The molecule has 0 spiro atoms. The number of hydrogen-bond acceptors (Lipinski definition) is 1. The van der Waals surface area contributed by atoms with Gasteiger partial charge < -0.3 is 4.23 Å². The van der Waals surface area contributed by atoms with E-state index < -0.39 is 16.5 Å². The Morgan fingerprint density at radius 1 is 0.643 bits per heavy atom. The highest BCUT2D eigenvalue weighted by Gasteiger charge is 2.43. The summed E-state index contributed by atoms with van der Waals surface area (Å²) >= 11 is 0. The Kier molecular flexibility index (Phi) is 5.77. The summed E-state index contributed by atoms with van der Waals surface area (Å²) in [6.45, 7) is 16.1. The second kappa shape index (κ2) is 7.94. The molecule has 0 amide bonds. The predicted octanol–water partition coefficient (Wildman–Crippen LogP) is 5.75. The van der Waals surface area contributed by atoms with Gasteiger partial charge in [-0.15, -0.1) is 0 Å². The van der Waals surface area contributed by atoms with Gasteiger partial charge in [0.1, 0.15) is 0 Å². The number of benzene rings is 3. The summed E-state index contributed by atoms with van der Waals surface area (Å²) in [4.78, 5) is 0. The molecule has 0 saturated heterocycles. The van der Waals surface area contributed by atoms with Gasteiger partial charge in [-0.25, -0.2) is 0 Å². The Bertz CT molecular complexity index is 878. The minimum absolute atomic E-state index is 1.11. The molecular weight excluding hydrogens is 370 g/mol. The highest BCUT2D eigenvalue weighted by Crippen LogP contribution is 2.29. The zero-order valence-corrected chi connectivity index (χ0v) is 19.7. The second-order valence-electron chi connectivity index (χ2n) is 8.51. The molecule has 0 aliphatic rings. The third-order valence-electron chi connectivity index (χ3n) is 5.70. The lowest BCUT2D eigenvalue weighted by Gasteiger charge is -2.49. The van der Waals surface area contributed by atoms with Crippen LogP contribution in [-0.2, 0) is 0 Å². The fraction of sp³-hybridized carbons (Fsp3) is 0.200. The van der Waals surface area contributed by atoms with Crippen LogP contribution in [0.15, 0.2) is 91.5 Å². The van der Waals surface area contributed by atoms with Crippen LogP contribution in [0.25, 0.3) is 5.57 Å². The third-order valence-corrected chi connectivity index (χ3v) is 15.3. The first-order valence-electron chi connectivity index (χ1n) is 9.92. The molecule has 0 aromatic heterocycles. The molecule has 0 fully saturated rings. The zero-order valence-electron chi connectivity index (χ0n) is 17.7. The number of allylic oxidation sites excluding steroid dienone is 1. The molecule has 0 N–H and O–H groups in total. The average Bonchev–Trinajstić information content (AvgIpc) is 2.69. The van der Waals surface area contributed by atoms with Crippen molar-refractivity contribution in [1.82, 2.24) is 0 Å². The van der Waals surface area contributed by atoms with Gasteiger partial charge in [0.05, 0.1) is 0 Å². The Labute approximate surface area is 172 Å². The van der Waals surface area contributed by atoms with Gasteiger partial charge in [0.2, 0.25) is 0 Å². The number of rotatable bonds is 6. The van der Waals surface area contributed by atoms with E-state index in [0.29, 0.717) is 0 Å². The van der Waals surface area contributed by atoms with Gasteiger partial charge in [-0.3, -0.25) is 0 Å². The van der Waals surface area contributed by atoms with Crippen molar-refractivity contribution in [3.05, 3.63) is 97.1 Å². The van der Waals surface area contributed by atoms with Crippen molar-refractivity contribution in [3.8, 4) is 0 Å². The summed E-state index contributed by atoms with van der Waals surface area (Å²) in [5.41, 5.74) is 3.64. The molecule has 144 valence electrons. The first kappa shape index (κ1) is 20.4. The minimum atomic E-state index is -1.94. The molecule has 3 rings (SSSR count). The van der Waals surface area contributed by atoms with Crippen LogP contribution in [-0.4, -0.2) is 16.5 Å². The van der Waals surface area contributed by atoms with E-state index in [0.717, 1.165) is 5.57 Å². The van der Waals surface area contributed by atoms with Crippen molar-refractivity contribution in [2.75, 3.05) is 4.23 Å². The molecule has 3 heteroatoms. The van der Waals surface area contributed by atoms with Crippen LogP contribution in [0.1, 0.15) is 12.5 Å². The van der Waals surface area contributed by atoms with E-state index in [1.54, 1.807) is 0 Å². The van der Waals surface area contributed by atoms with Gasteiger partial charge in [0, 0.05) is 5.69 Å². The van der Waals surface area contributed by atoms with Crippen molar-refractivity contribution in [3.63, 3.8) is 0 Å². The molecule has 3 aromatic rings. The summed E-state index contributed by atoms with van der Waals surface area (Å²) in [6, 6.07) is 31.1. The van der Waals surface area contributed by atoms with Gasteiger partial charge in [-0.05, 0) is 61.2 Å². The quantitative estimate of drug-likeness (QED) is 0.475. The highest BCUT2D eigenvalue weighted by molar-refractivity contribution is 7.10. The zero-order chi connectivity index (χ0) is 20.4. The monoisotopic (exact) mass is 401 g/mol. The lowest BCUT2D eigenvalue weighted by Crippen LogP contribution is -2.72. The lowest BCUT2D eigenvalue weighted by molar-refractivity contribution is 1.37. The van der Waals surface area contributed by atoms with E-state index in [4.69, 9.17) is 0 Å². The maximum atomic E-state index is 4.10. The van der Waals surface area contributed by atoms with Crippen LogP contribution in [0, 0.1) is 0 Å². The smallest absolute Gasteiger partial charge is 0.174 e. The summed E-state index contributed by atoms with van der Waals surface area (Å²) in [7, 11) is -3.88. The fourth-order valence-electron chi connectivity index (χ4n) is 4.19. The van der Waals surface area contributed by atoms with E-state index in [9.17, 15) is 0 Å². The van der Waals surface area contributed by atoms with E-state index in [1.165, 1.54) is 21.6 Å². The first-order valence-corrected chi connectivity index (χ1v) is 15.8. The van der Waals surface area contributed by atoms with Crippen molar-refractivity contribution < 1.29 is 0 Å². The molecule has 0 atom stereocenters. The summed E-state index contributed by atoms with van der Waals surface area (Å²) < 4.78 is 2.81. The first-order chi connectivity index (χ1) is 13.2. The van der Waals surface area contributed by atoms with Gasteiger partial charge in [-0.2, -0.15) is 0 Å². The van der Waals surface area contributed by atoms with Crippen LogP contribution in [0.4, 0.5) is 5.69 Å². The Morgan fingerprint density at radius 2 is 1.04 bits per heavy atom. The largest absolute Gasteiger partial charge is 0.417 e. The van der Waals surface area contributed by atoms with Gasteiger partial charge in [0.15, 0.2) is 16.5 Å². The van der Waals surface area contributed by atoms with Gasteiger partial charge >= 0.3 is 0 Å². The van der Waals surface area contributed by atoms with Crippen LogP contribution >= 0.6 is 0 Å². The van der Waals surface area contributed by atoms with Crippen LogP contribution in [0.3, 0.4) is 0 Å². The Balaban J connectivity index is 2.18. The number of nitrogens with zero attached hydrogens (tertiary/aromatic N) is 1.